The number of primary amides is 1. The Morgan fingerprint density at radius 2 is 2.15 bits per heavy atom. The summed E-state index contributed by atoms with van der Waals surface area (Å²) in [6, 6.07) is 7.57. The van der Waals surface area contributed by atoms with Gasteiger partial charge in [-0.05, 0) is 19.1 Å². The van der Waals surface area contributed by atoms with E-state index in [4.69, 9.17) is 15.2 Å². The van der Waals surface area contributed by atoms with E-state index in [1.807, 2.05) is 31.2 Å². The van der Waals surface area contributed by atoms with Gasteiger partial charge in [-0.25, -0.2) is 0 Å². The van der Waals surface area contributed by atoms with Gasteiger partial charge in [-0.15, -0.1) is 0 Å². The van der Waals surface area contributed by atoms with Crippen LogP contribution in [0.3, 0.4) is 0 Å². The third-order valence-electron chi connectivity index (χ3n) is 4.36. The van der Waals surface area contributed by atoms with Crippen LogP contribution in [-0.2, 0) is 22.6 Å². The number of para-hydroxylation sites is 2. The third-order valence-corrected chi connectivity index (χ3v) is 4.36. The fraction of sp³-hybridized carbons (Fsp3) is 0.389. The number of hydrogen-bond donors (Lipinski definition) is 2. The summed E-state index contributed by atoms with van der Waals surface area (Å²) in [5, 5.41) is 6.60. The van der Waals surface area contributed by atoms with Gasteiger partial charge in [-0.3, -0.25) is 14.7 Å². The normalized spacial score (nSPS) is 18.6. The molecule has 4 rings (SSSR count). The number of benzene rings is 1. The fourth-order valence-electron chi connectivity index (χ4n) is 2.92. The number of anilines is 1. The number of carbonyl (C=O) groups excluding carboxylic acids is 2. The Morgan fingerprint density at radius 3 is 2.92 bits per heavy atom. The van der Waals surface area contributed by atoms with Crippen molar-refractivity contribution in [1.29, 1.82) is 0 Å². The van der Waals surface area contributed by atoms with E-state index >= 15 is 0 Å². The molecule has 0 saturated carbocycles. The number of rotatable bonds is 1. The number of amides is 2. The lowest BCUT2D eigenvalue weighted by Gasteiger charge is -2.18. The summed E-state index contributed by atoms with van der Waals surface area (Å²) in [5.41, 5.74) is 8.15. The number of nitrogens with one attached hydrogen (secondary N) is 1. The highest BCUT2D eigenvalue weighted by Gasteiger charge is 2.23. The highest BCUT2D eigenvalue weighted by atomic mass is 16.5. The van der Waals surface area contributed by atoms with E-state index in [0.717, 1.165) is 22.7 Å². The molecule has 1 atom stereocenters. The zero-order valence-electron chi connectivity index (χ0n) is 14.8. The predicted molar refractivity (Wildman–Crippen MR) is 95.0 cm³/mol. The molecule has 3 N–H and O–H groups in total. The summed E-state index contributed by atoms with van der Waals surface area (Å²) in [6.45, 7) is 2.91. The lowest BCUT2D eigenvalue weighted by Crippen LogP contribution is -2.24. The number of fused-ring (bicyclic) bond motifs is 2. The van der Waals surface area contributed by atoms with Crippen LogP contribution in [0.1, 0.15) is 35.1 Å². The molecule has 1 aromatic carbocycles. The van der Waals surface area contributed by atoms with E-state index in [1.54, 1.807) is 11.9 Å². The zero-order chi connectivity index (χ0) is 18.7. The van der Waals surface area contributed by atoms with Gasteiger partial charge >= 0.3 is 0 Å². The zero-order valence-corrected chi connectivity index (χ0v) is 14.8. The molecular formula is C18H22N4O4. The number of aromatic nitrogens is 2. The summed E-state index contributed by atoms with van der Waals surface area (Å²) < 4.78 is 10.8. The second-order valence-corrected chi connectivity index (χ2v) is 6.24. The van der Waals surface area contributed by atoms with Gasteiger partial charge in [0, 0.05) is 19.0 Å². The molecule has 2 amide bonds. The Balaban J connectivity index is 0.000000151. The second-order valence-electron chi connectivity index (χ2n) is 6.24. The van der Waals surface area contributed by atoms with Crippen molar-refractivity contribution < 1.29 is 19.1 Å². The van der Waals surface area contributed by atoms with E-state index < -0.39 is 5.91 Å². The van der Waals surface area contributed by atoms with Crippen LogP contribution in [0.5, 0.6) is 5.75 Å². The van der Waals surface area contributed by atoms with Crippen LogP contribution in [0, 0.1) is 0 Å². The molecule has 1 aromatic heterocycles. The summed E-state index contributed by atoms with van der Waals surface area (Å²) in [4.78, 5) is 24.0. The van der Waals surface area contributed by atoms with Crippen LogP contribution >= 0.6 is 0 Å². The number of H-pyrrole nitrogens is 1. The summed E-state index contributed by atoms with van der Waals surface area (Å²) in [6.07, 6.45) is 1.28. The van der Waals surface area contributed by atoms with Gasteiger partial charge in [-0.1, -0.05) is 12.1 Å². The molecule has 8 nitrogen and oxygen atoms in total. The Kier molecular flexibility index (Phi) is 5.22. The molecule has 138 valence electrons. The van der Waals surface area contributed by atoms with E-state index in [-0.39, 0.29) is 12.0 Å². The smallest absolute Gasteiger partial charge is 0.269 e. The van der Waals surface area contributed by atoms with Gasteiger partial charge < -0.3 is 20.1 Å². The summed E-state index contributed by atoms with van der Waals surface area (Å²) in [5.74, 6) is 0.410. The highest BCUT2D eigenvalue weighted by Crippen LogP contribution is 2.29. The first-order valence-corrected chi connectivity index (χ1v) is 8.43. The van der Waals surface area contributed by atoms with Gasteiger partial charge in [0.15, 0.2) is 5.69 Å². The van der Waals surface area contributed by atoms with Crippen molar-refractivity contribution >= 4 is 17.5 Å². The van der Waals surface area contributed by atoms with Gasteiger partial charge in [0.25, 0.3) is 5.91 Å². The fourth-order valence-corrected chi connectivity index (χ4v) is 2.92. The maximum atomic E-state index is 11.4. The Labute approximate surface area is 151 Å². The number of hydrogen-bond acceptors (Lipinski definition) is 5. The number of nitrogens with two attached hydrogens (primary N) is 1. The van der Waals surface area contributed by atoms with Crippen molar-refractivity contribution in [3.8, 4) is 5.75 Å². The quantitative estimate of drug-likeness (QED) is 0.801. The molecule has 0 aliphatic carbocycles. The molecule has 0 fully saturated rings. The van der Waals surface area contributed by atoms with Crippen LogP contribution < -0.4 is 15.4 Å². The maximum absolute atomic E-state index is 11.4. The average molecular weight is 358 g/mol. The van der Waals surface area contributed by atoms with Crippen molar-refractivity contribution in [3.05, 3.63) is 41.2 Å². The molecule has 3 heterocycles. The first-order chi connectivity index (χ1) is 12.5. The van der Waals surface area contributed by atoms with Crippen molar-refractivity contribution in [3.63, 3.8) is 0 Å². The molecule has 1 unspecified atom stereocenters. The Hall–Kier alpha value is -2.87. The number of aromatic amines is 1. The van der Waals surface area contributed by atoms with Crippen molar-refractivity contribution in [2.24, 2.45) is 5.73 Å². The third kappa shape index (κ3) is 3.70. The lowest BCUT2D eigenvalue weighted by atomic mass is 10.0. The number of nitrogens with zero attached hydrogens (tertiary/aromatic N) is 2. The molecular weight excluding hydrogens is 336 g/mol. The van der Waals surface area contributed by atoms with Crippen molar-refractivity contribution in [2.45, 2.75) is 32.5 Å². The van der Waals surface area contributed by atoms with Crippen molar-refractivity contribution in [2.75, 3.05) is 18.6 Å². The minimum absolute atomic E-state index is 0.102. The van der Waals surface area contributed by atoms with E-state index in [1.165, 1.54) is 0 Å². The highest BCUT2D eigenvalue weighted by molar-refractivity contribution is 5.95. The molecule has 0 bridgehead atoms. The maximum Gasteiger partial charge on any atom is 0.269 e. The van der Waals surface area contributed by atoms with Gasteiger partial charge in [-0.2, -0.15) is 5.10 Å². The molecule has 0 radical (unpaired) electrons. The summed E-state index contributed by atoms with van der Waals surface area (Å²) in [7, 11) is 1.77. The van der Waals surface area contributed by atoms with Crippen LogP contribution in [0.2, 0.25) is 0 Å². The molecule has 8 heteroatoms. The minimum Gasteiger partial charge on any atom is -0.491 e. The van der Waals surface area contributed by atoms with E-state index in [9.17, 15) is 9.59 Å². The molecule has 2 aliphatic heterocycles. The Bertz CT molecular complexity index is 817. The van der Waals surface area contributed by atoms with E-state index in [0.29, 0.717) is 31.7 Å². The predicted octanol–water partition coefficient (Wildman–Crippen LogP) is 1.40. The van der Waals surface area contributed by atoms with Crippen LogP contribution in [-0.4, -0.2) is 41.8 Å². The van der Waals surface area contributed by atoms with Gasteiger partial charge in [0.2, 0.25) is 5.91 Å². The molecule has 0 spiro atoms. The SMILES string of the molecule is CC1Cc2c(C(N)=O)n[nH]c2CO1.CN1C(=O)CCOc2ccccc21. The first-order valence-electron chi connectivity index (χ1n) is 8.43. The Morgan fingerprint density at radius 1 is 1.38 bits per heavy atom. The van der Waals surface area contributed by atoms with Gasteiger partial charge in [0.1, 0.15) is 5.75 Å². The van der Waals surface area contributed by atoms with E-state index in [2.05, 4.69) is 10.2 Å². The molecule has 2 aromatic rings. The lowest BCUT2D eigenvalue weighted by molar-refractivity contribution is -0.118. The van der Waals surface area contributed by atoms with Crippen molar-refractivity contribution in [1.82, 2.24) is 10.2 Å². The molecule has 0 saturated heterocycles. The van der Waals surface area contributed by atoms with Gasteiger partial charge in [0.05, 0.1) is 37.1 Å². The number of carbonyl (C=O) groups is 2. The summed E-state index contributed by atoms with van der Waals surface area (Å²) >= 11 is 0. The van der Waals surface area contributed by atoms with Crippen LogP contribution in [0.25, 0.3) is 0 Å². The molecule has 2 aliphatic rings. The molecule has 26 heavy (non-hydrogen) atoms. The number of ether oxygens (including phenoxy) is 2. The van der Waals surface area contributed by atoms with Crippen LogP contribution in [0.4, 0.5) is 5.69 Å². The monoisotopic (exact) mass is 358 g/mol. The first kappa shape index (κ1) is 17.9. The average Bonchev–Trinajstić information content (AvgIpc) is 2.99. The largest absolute Gasteiger partial charge is 0.491 e. The standard InChI is InChI=1S/C10H11NO2.C8H11N3O2/c1-11-8-4-2-3-5-9(8)13-7-6-10(11)12;1-4-2-5-6(3-13-4)10-11-7(5)8(9)12/h2-5H,6-7H2,1H3;4H,2-3H2,1H3,(H2,9,12)(H,10,11). The second kappa shape index (κ2) is 7.57. The van der Waals surface area contributed by atoms with Crippen LogP contribution in [0.15, 0.2) is 24.3 Å². The topological polar surface area (TPSA) is 111 Å². The minimum atomic E-state index is -0.480.